The van der Waals surface area contributed by atoms with Crippen molar-refractivity contribution in [1.29, 1.82) is 0 Å². The Bertz CT molecular complexity index is 126. The van der Waals surface area contributed by atoms with Gasteiger partial charge in [0.1, 0.15) is 0 Å². The van der Waals surface area contributed by atoms with Crippen molar-refractivity contribution in [3.05, 3.63) is 0 Å². The number of alkyl halides is 1. The molecule has 0 spiro atoms. The summed E-state index contributed by atoms with van der Waals surface area (Å²) in [4.78, 5) is 2.45. The monoisotopic (exact) mass is 205 g/mol. The third-order valence-corrected chi connectivity index (χ3v) is 2.98. The predicted octanol–water partition coefficient (Wildman–Crippen LogP) is 2.12. The van der Waals surface area contributed by atoms with Crippen LogP contribution in [0.2, 0.25) is 0 Å². The summed E-state index contributed by atoms with van der Waals surface area (Å²) in [6, 6.07) is 0.740. The van der Waals surface area contributed by atoms with Gasteiger partial charge in [-0.3, -0.25) is 0 Å². The van der Waals surface area contributed by atoms with Gasteiger partial charge in [-0.2, -0.15) is 0 Å². The SMILES string of the molecule is CN(CCCCCl)C1CCOCC1. The Morgan fingerprint density at radius 2 is 2.00 bits per heavy atom. The maximum atomic E-state index is 5.63. The molecule has 0 aromatic rings. The van der Waals surface area contributed by atoms with Crippen LogP contribution in [-0.4, -0.2) is 43.6 Å². The van der Waals surface area contributed by atoms with Gasteiger partial charge in [0.05, 0.1) is 0 Å². The Labute approximate surface area is 86.2 Å². The zero-order chi connectivity index (χ0) is 9.52. The highest BCUT2D eigenvalue weighted by atomic mass is 35.5. The van der Waals surface area contributed by atoms with E-state index in [-0.39, 0.29) is 0 Å². The lowest BCUT2D eigenvalue weighted by Gasteiger charge is -2.31. The lowest BCUT2D eigenvalue weighted by Crippen LogP contribution is -2.37. The van der Waals surface area contributed by atoms with Gasteiger partial charge in [0.2, 0.25) is 0 Å². The van der Waals surface area contributed by atoms with Gasteiger partial charge in [-0.05, 0) is 39.3 Å². The van der Waals surface area contributed by atoms with Crippen molar-refractivity contribution >= 4 is 11.6 Å². The molecule has 0 atom stereocenters. The van der Waals surface area contributed by atoms with Crippen molar-refractivity contribution in [2.24, 2.45) is 0 Å². The smallest absolute Gasteiger partial charge is 0.0480 e. The van der Waals surface area contributed by atoms with E-state index >= 15 is 0 Å². The molecule has 1 fully saturated rings. The molecule has 0 saturated carbocycles. The van der Waals surface area contributed by atoms with E-state index in [1.165, 1.54) is 25.8 Å². The van der Waals surface area contributed by atoms with E-state index in [9.17, 15) is 0 Å². The molecule has 0 bridgehead atoms. The van der Waals surface area contributed by atoms with Crippen molar-refractivity contribution in [3.63, 3.8) is 0 Å². The lowest BCUT2D eigenvalue weighted by molar-refractivity contribution is 0.0427. The summed E-state index contributed by atoms with van der Waals surface area (Å²) in [6.45, 7) is 3.05. The minimum atomic E-state index is 0.740. The van der Waals surface area contributed by atoms with E-state index in [0.717, 1.165) is 31.6 Å². The zero-order valence-corrected chi connectivity index (χ0v) is 9.22. The Kier molecular flexibility index (Phi) is 5.76. The van der Waals surface area contributed by atoms with Crippen LogP contribution in [-0.2, 0) is 4.74 Å². The van der Waals surface area contributed by atoms with Crippen molar-refractivity contribution in [1.82, 2.24) is 4.90 Å². The fraction of sp³-hybridized carbons (Fsp3) is 1.00. The van der Waals surface area contributed by atoms with Crippen LogP contribution in [0.25, 0.3) is 0 Å². The normalized spacial score (nSPS) is 19.6. The third kappa shape index (κ3) is 4.30. The van der Waals surface area contributed by atoms with Crippen LogP contribution < -0.4 is 0 Å². The first-order valence-corrected chi connectivity index (χ1v) is 5.72. The first kappa shape index (κ1) is 11.3. The molecule has 0 aliphatic carbocycles. The van der Waals surface area contributed by atoms with Gasteiger partial charge in [-0.25, -0.2) is 0 Å². The van der Waals surface area contributed by atoms with Crippen LogP contribution in [0.4, 0.5) is 0 Å². The number of halogens is 1. The molecule has 1 aliphatic rings. The lowest BCUT2D eigenvalue weighted by atomic mass is 10.1. The predicted molar refractivity (Wildman–Crippen MR) is 56.4 cm³/mol. The maximum absolute atomic E-state index is 5.63. The van der Waals surface area contributed by atoms with Gasteiger partial charge in [0.15, 0.2) is 0 Å². The Morgan fingerprint density at radius 3 is 2.62 bits per heavy atom. The minimum absolute atomic E-state index is 0.740. The largest absolute Gasteiger partial charge is 0.381 e. The van der Waals surface area contributed by atoms with E-state index in [4.69, 9.17) is 16.3 Å². The second-order valence-electron chi connectivity index (χ2n) is 3.72. The van der Waals surface area contributed by atoms with Crippen molar-refractivity contribution in [2.45, 2.75) is 31.7 Å². The van der Waals surface area contributed by atoms with Gasteiger partial charge in [-0.1, -0.05) is 0 Å². The minimum Gasteiger partial charge on any atom is -0.381 e. The number of ether oxygens (including phenoxy) is 1. The highest BCUT2D eigenvalue weighted by Gasteiger charge is 2.17. The molecule has 1 heterocycles. The van der Waals surface area contributed by atoms with E-state index in [1.807, 2.05) is 0 Å². The van der Waals surface area contributed by atoms with Gasteiger partial charge >= 0.3 is 0 Å². The number of unbranched alkanes of at least 4 members (excludes halogenated alkanes) is 1. The topological polar surface area (TPSA) is 12.5 Å². The Balaban J connectivity index is 2.09. The number of hydrogen-bond acceptors (Lipinski definition) is 2. The number of hydrogen-bond donors (Lipinski definition) is 0. The molecule has 13 heavy (non-hydrogen) atoms. The molecule has 0 unspecified atom stereocenters. The summed E-state index contributed by atoms with van der Waals surface area (Å²) < 4.78 is 5.33. The second-order valence-corrected chi connectivity index (χ2v) is 4.10. The molecule has 1 aliphatic heterocycles. The maximum Gasteiger partial charge on any atom is 0.0480 e. The summed E-state index contributed by atoms with van der Waals surface area (Å²) in [5.41, 5.74) is 0. The Morgan fingerprint density at radius 1 is 1.31 bits per heavy atom. The average Bonchev–Trinajstić information content (AvgIpc) is 2.19. The van der Waals surface area contributed by atoms with E-state index in [1.54, 1.807) is 0 Å². The molecule has 2 nitrogen and oxygen atoms in total. The molecule has 1 rings (SSSR count). The van der Waals surface area contributed by atoms with Gasteiger partial charge in [0, 0.05) is 25.1 Å². The zero-order valence-electron chi connectivity index (χ0n) is 8.47. The highest BCUT2D eigenvalue weighted by molar-refractivity contribution is 6.17. The number of nitrogens with zero attached hydrogens (tertiary/aromatic N) is 1. The fourth-order valence-corrected chi connectivity index (χ4v) is 1.95. The summed E-state index contributed by atoms with van der Waals surface area (Å²) in [5, 5.41) is 0. The average molecular weight is 206 g/mol. The van der Waals surface area contributed by atoms with Gasteiger partial charge < -0.3 is 9.64 Å². The first-order chi connectivity index (χ1) is 6.34. The van der Waals surface area contributed by atoms with Crippen LogP contribution >= 0.6 is 11.6 Å². The first-order valence-electron chi connectivity index (χ1n) is 5.18. The second kappa shape index (κ2) is 6.63. The van der Waals surface area contributed by atoms with Crippen LogP contribution in [0, 0.1) is 0 Å². The van der Waals surface area contributed by atoms with Gasteiger partial charge in [0.25, 0.3) is 0 Å². The Hall–Kier alpha value is 0.210. The molecule has 0 aromatic carbocycles. The van der Waals surface area contributed by atoms with Crippen LogP contribution in [0.1, 0.15) is 25.7 Å². The molecular formula is C10H20ClNO. The van der Waals surface area contributed by atoms with Crippen molar-refractivity contribution < 1.29 is 4.74 Å². The van der Waals surface area contributed by atoms with Crippen LogP contribution in [0.5, 0.6) is 0 Å². The summed E-state index contributed by atoms with van der Waals surface area (Å²) >= 11 is 5.63. The summed E-state index contributed by atoms with van der Waals surface area (Å²) in [7, 11) is 2.21. The molecule has 0 N–H and O–H groups in total. The molecule has 1 saturated heterocycles. The third-order valence-electron chi connectivity index (χ3n) is 2.71. The standard InChI is InChI=1S/C10H20ClNO/c1-12(7-3-2-6-11)10-4-8-13-9-5-10/h10H,2-9H2,1H3. The van der Waals surface area contributed by atoms with Gasteiger partial charge in [-0.15, -0.1) is 11.6 Å². The van der Waals surface area contributed by atoms with Crippen molar-refractivity contribution in [3.8, 4) is 0 Å². The van der Waals surface area contributed by atoms with Crippen LogP contribution in [0.15, 0.2) is 0 Å². The molecule has 3 heteroatoms. The summed E-state index contributed by atoms with van der Waals surface area (Å²) in [6.07, 6.45) is 4.74. The van der Waals surface area contributed by atoms with E-state index in [0.29, 0.717) is 0 Å². The van der Waals surface area contributed by atoms with Crippen LogP contribution in [0.3, 0.4) is 0 Å². The fourth-order valence-electron chi connectivity index (χ4n) is 1.76. The van der Waals surface area contributed by atoms with Crippen molar-refractivity contribution in [2.75, 3.05) is 32.7 Å². The molecule has 78 valence electrons. The molecule has 0 amide bonds. The van der Waals surface area contributed by atoms with E-state index < -0.39 is 0 Å². The molecule has 0 radical (unpaired) electrons. The number of rotatable bonds is 5. The van der Waals surface area contributed by atoms with E-state index in [2.05, 4.69) is 11.9 Å². The summed E-state index contributed by atoms with van der Waals surface area (Å²) in [5.74, 6) is 0.793. The molecule has 0 aromatic heterocycles. The molecular weight excluding hydrogens is 186 g/mol. The highest BCUT2D eigenvalue weighted by Crippen LogP contribution is 2.13. The quantitative estimate of drug-likeness (QED) is 0.504.